The second-order valence-electron chi connectivity index (χ2n) is 13.2. The lowest BCUT2D eigenvalue weighted by molar-refractivity contribution is -0.170. The van der Waals surface area contributed by atoms with Gasteiger partial charge in [0.2, 0.25) is 0 Å². The predicted molar refractivity (Wildman–Crippen MR) is 156 cm³/mol. The number of carbonyl (C=O) groups is 3. The monoisotopic (exact) mass is 606 g/mol. The van der Waals surface area contributed by atoms with E-state index >= 15 is 0 Å². The average molecular weight is 607 g/mol. The predicted octanol–water partition coefficient (Wildman–Crippen LogP) is 2.16. The molecule has 2 heterocycles. The Morgan fingerprint density at radius 1 is 1.16 bits per heavy atom. The lowest BCUT2D eigenvalue weighted by Gasteiger charge is -2.61. The van der Waals surface area contributed by atoms with Crippen molar-refractivity contribution in [2.45, 2.75) is 87.4 Å². The van der Waals surface area contributed by atoms with Crippen molar-refractivity contribution in [3.8, 4) is 11.5 Å². The Morgan fingerprint density at radius 3 is 2.59 bits per heavy atom. The number of ether oxygens (including phenoxy) is 3. The Hall–Kier alpha value is -3.93. The molecule has 1 spiro atoms. The molecule has 6 rings (SSSR count). The van der Waals surface area contributed by atoms with Gasteiger partial charge in [-0.15, -0.1) is 0 Å². The zero-order chi connectivity index (χ0) is 31.6. The quantitative estimate of drug-likeness (QED) is 0.345. The normalized spacial score (nSPS) is 28.1. The number of phenolic OH excluding ortho intramolecular Hbond substituents is 1. The molecule has 44 heavy (non-hydrogen) atoms. The van der Waals surface area contributed by atoms with Gasteiger partial charge in [-0.25, -0.2) is 4.79 Å². The van der Waals surface area contributed by atoms with Crippen LogP contribution in [0.15, 0.2) is 54.3 Å². The van der Waals surface area contributed by atoms with Gasteiger partial charge in [0.05, 0.1) is 17.4 Å². The summed E-state index contributed by atoms with van der Waals surface area (Å²) < 4.78 is 17.6. The number of aromatic hydroxyl groups is 1. The van der Waals surface area contributed by atoms with Gasteiger partial charge in [-0.3, -0.25) is 9.59 Å². The van der Waals surface area contributed by atoms with Gasteiger partial charge in [-0.2, -0.15) is 0 Å². The molecule has 234 valence electrons. The molecule has 2 aliphatic heterocycles. The molecule has 6 atom stereocenters. The molecule has 0 radical (unpaired) electrons. The molecule has 11 heteroatoms. The summed E-state index contributed by atoms with van der Waals surface area (Å²) in [7, 11) is 1.98. The number of carbonyl (C=O) groups excluding carboxylic acids is 3. The van der Waals surface area contributed by atoms with Crippen LogP contribution in [0.1, 0.15) is 62.8 Å². The number of benzene rings is 2. The first-order valence-electron chi connectivity index (χ1n) is 14.9. The molecule has 2 bridgehead atoms. The van der Waals surface area contributed by atoms with Crippen LogP contribution in [0.5, 0.6) is 11.5 Å². The van der Waals surface area contributed by atoms with E-state index in [-0.39, 0.29) is 29.7 Å². The van der Waals surface area contributed by atoms with Crippen LogP contribution < -0.4 is 10.1 Å². The molecule has 4 N–H and O–H groups in total. The van der Waals surface area contributed by atoms with Crippen molar-refractivity contribution in [3.63, 3.8) is 0 Å². The standard InChI is InChI=1S/C33H38N2O9/c1-31(2,3)44-30(40)20(34-29(39)26(38)18-8-6-5-7-9-18)17-24(37)42-22-12-13-33(41)23-16-19-10-11-21(36)27-25(19)32(33,28(22)43-27)14-15-35(23)4/h5-12,20,23,26,28,36,38,41H,13-17H2,1-4H3,(H,34,39)/t20-,23-,26-,28-,32-,33+/m0/s1. The summed E-state index contributed by atoms with van der Waals surface area (Å²) in [5.41, 5.74) is -1.04. The summed E-state index contributed by atoms with van der Waals surface area (Å²) >= 11 is 0. The highest BCUT2D eigenvalue weighted by molar-refractivity contribution is 5.90. The highest BCUT2D eigenvalue weighted by atomic mass is 16.6. The van der Waals surface area contributed by atoms with Crippen molar-refractivity contribution in [1.82, 2.24) is 10.2 Å². The van der Waals surface area contributed by atoms with E-state index in [4.69, 9.17) is 14.2 Å². The van der Waals surface area contributed by atoms with E-state index in [0.29, 0.717) is 24.9 Å². The molecular weight excluding hydrogens is 568 g/mol. The minimum Gasteiger partial charge on any atom is -0.504 e. The summed E-state index contributed by atoms with van der Waals surface area (Å²) in [5.74, 6) is -2.18. The Labute approximate surface area is 255 Å². The summed E-state index contributed by atoms with van der Waals surface area (Å²) in [6.07, 6.45) is -0.131. The summed E-state index contributed by atoms with van der Waals surface area (Å²) in [6, 6.07) is 9.98. The van der Waals surface area contributed by atoms with Crippen LogP contribution in [0.3, 0.4) is 0 Å². The van der Waals surface area contributed by atoms with E-state index < -0.39 is 59.1 Å². The van der Waals surface area contributed by atoms with E-state index in [1.54, 1.807) is 63.2 Å². The van der Waals surface area contributed by atoms with E-state index in [9.17, 15) is 29.7 Å². The Kier molecular flexibility index (Phi) is 7.26. The maximum atomic E-state index is 13.4. The molecule has 2 aromatic carbocycles. The number of nitrogens with one attached hydrogen (secondary N) is 1. The second kappa shape index (κ2) is 10.6. The number of aliphatic hydroxyl groups excluding tert-OH is 1. The number of piperidine rings is 1. The van der Waals surface area contributed by atoms with Crippen molar-refractivity contribution >= 4 is 17.8 Å². The van der Waals surface area contributed by atoms with Gasteiger partial charge in [-0.1, -0.05) is 36.4 Å². The maximum Gasteiger partial charge on any atom is 0.329 e. The molecule has 1 saturated heterocycles. The first-order chi connectivity index (χ1) is 20.7. The molecule has 4 aliphatic rings. The van der Waals surface area contributed by atoms with Crippen molar-refractivity contribution < 1.29 is 43.9 Å². The largest absolute Gasteiger partial charge is 0.504 e. The van der Waals surface area contributed by atoms with Crippen LogP contribution in [-0.4, -0.2) is 81.0 Å². The van der Waals surface area contributed by atoms with Crippen LogP contribution in [0.25, 0.3) is 0 Å². The fraction of sp³-hybridized carbons (Fsp3) is 0.485. The molecular formula is C33H38N2O9. The van der Waals surface area contributed by atoms with E-state index in [2.05, 4.69) is 10.2 Å². The van der Waals surface area contributed by atoms with Crippen LogP contribution in [0, 0.1) is 0 Å². The Balaban J connectivity index is 1.26. The van der Waals surface area contributed by atoms with Gasteiger partial charge in [0, 0.05) is 18.0 Å². The van der Waals surface area contributed by atoms with Crippen LogP contribution in [0.2, 0.25) is 0 Å². The lowest BCUT2D eigenvalue weighted by Crippen LogP contribution is -2.74. The van der Waals surface area contributed by atoms with Gasteiger partial charge in [0.1, 0.15) is 17.4 Å². The van der Waals surface area contributed by atoms with Gasteiger partial charge in [0.25, 0.3) is 5.91 Å². The van der Waals surface area contributed by atoms with Gasteiger partial charge in [0.15, 0.2) is 23.7 Å². The van der Waals surface area contributed by atoms with Crippen molar-refractivity contribution in [1.29, 1.82) is 0 Å². The fourth-order valence-corrected chi connectivity index (χ4v) is 7.38. The van der Waals surface area contributed by atoms with E-state index in [1.807, 2.05) is 13.1 Å². The van der Waals surface area contributed by atoms with Crippen molar-refractivity contribution in [3.05, 3.63) is 71.0 Å². The molecule has 1 amide bonds. The van der Waals surface area contributed by atoms with Crippen molar-refractivity contribution in [2.24, 2.45) is 0 Å². The van der Waals surface area contributed by atoms with Crippen LogP contribution in [-0.2, 0) is 35.7 Å². The van der Waals surface area contributed by atoms with E-state index in [1.165, 1.54) is 0 Å². The first kappa shape index (κ1) is 30.1. The number of esters is 2. The minimum absolute atomic E-state index is 0.0531. The molecule has 0 aromatic heterocycles. The third-order valence-electron chi connectivity index (χ3n) is 9.33. The molecule has 0 unspecified atom stereocenters. The number of hydrogen-bond donors (Lipinski definition) is 4. The SMILES string of the molecule is CN1CC[C@]23c4c5ccc(O)c4O[C@H]2C(OC(=O)C[C@H](NC(=O)[C@@H](O)c2ccccc2)C(=O)OC(C)(C)C)=CC[C@@]3(O)[C@@H]1C5. The number of amides is 1. The number of nitrogens with zero attached hydrogens (tertiary/aromatic N) is 1. The highest BCUT2D eigenvalue weighted by Gasteiger charge is 2.72. The highest BCUT2D eigenvalue weighted by Crippen LogP contribution is 2.65. The van der Waals surface area contributed by atoms with Crippen LogP contribution in [0.4, 0.5) is 0 Å². The number of hydrogen-bond acceptors (Lipinski definition) is 10. The van der Waals surface area contributed by atoms with E-state index in [0.717, 1.165) is 11.1 Å². The first-order valence-corrected chi connectivity index (χ1v) is 14.9. The average Bonchev–Trinajstić information content (AvgIpc) is 3.33. The molecule has 1 fully saturated rings. The third-order valence-corrected chi connectivity index (χ3v) is 9.33. The van der Waals surface area contributed by atoms with Gasteiger partial charge in [-0.05, 0) is 70.5 Å². The van der Waals surface area contributed by atoms with Gasteiger partial charge < -0.3 is 39.7 Å². The summed E-state index contributed by atoms with van der Waals surface area (Å²) in [6.45, 7) is 5.64. The Morgan fingerprint density at radius 2 is 1.89 bits per heavy atom. The summed E-state index contributed by atoms with van der Waals surface area (Å²) in [4.78, 5) is 41.7. The summed E-state index contributed by atoms with van der Waals surface area (Å²) in [5, 5.41) is 36.0. The molecule has 2 aromatic rings. The third kappa shape index (κ3) is 4.74. The number of phenols is 1. The van der Waals surface area contributed by atoms with Crippen LogP contribution >= 0.6 is 0 Å². The topological polar surface area (TPSA) is 155 Å². The number of rotatable bonds is 7. The zero-order valence-electron chi connectivity index (χ0n) is 25.2. The number of likely N-dealkylation sites (N-methyl/N-ethyl adjacent to an activating group) is 1. The fourth-order valence-electron chi connectivity index (χ4n) is 7.38. The Bertz CT molecular complexity index is 1530. The van der Waals surface area contributed by atoms with Crippen molar-refractivity contribution in [2.75, 3.05) is 13.6 Å². The number of aliphatic hydroxyl groups is 2. The lowest BCUT2D eigenvalue weighted by atomic mass is 9.50. The second-order valence-corrected chi connectivity index (χ2v) is 13.2. The molecule has 0 saturated carbocycles. The minimum atomic E-state index is -1.58. The van der Waals surface area contributed by atoms with Gasteiger partial charge >= 0.3 is 11.9 Å². The zero-order valence-corrected chi connectivity index (χ0v) is 25.2. The maximum absolute atomic E-state index is 13.4. The number of likely N-dealkylation sites (tertiary alicyclic amines) is 1. The molecule has 11 nitrogen and oxygen atoms in total. The molecule has 2 aliphatic carbocycles. The smallest absolute Gasteiger partial charge is 0.329 e.